The van der Waals surface area contributed by atoms with E-state index < -0.39 is 29.1 Å². The highest BCUT2D eigenvalue weighted by Gasteiger charge is 2.58. The number of hydrogen-bond donors (Lipinski definition) is 2. The molecule has 1 aromatic heterocycles. The van der Waals surface area contributed by atoms with E-state index in [4.69, 9.17) is 4.74 Å². The Hall–Kier alpha value is -2.65. The second kappa shape index (κ2) is 7.40. The molecule has 0 saturated heterocycles. The van der Waals surface area contributed by atoms with Crippen LogP contribution >= 0.6 is 11.3 Å². The molecule has 1 heterocycles. The van der Waals surface area contributed by atoms with Crippen molar-refractivity contribution >= 4 is 33.1 Å². The number of amides is 1. The lowest BCUT2D eigenvalue weighted by molar-refractivity contribution is -0.266. The van der Waals surface area contributed by atoms with Crippen molar-refractivity contribution in [2.24, 2.45) is 0 Å². The third-order valence-electron chi connectivity index (χ3n) is 4.16. The summed E-state index contributed by atoms with van der Waals surface area (Å²) >= 11 is 0.704. The van der Waals surface area contributed by atoms with Crippen LogP contribution in [-0.4, -0.2) is 29.3 Å². The number of thiazole rings is 1. The monoisotopic (exact) mass is 410 g/mol. The summed E-state index contributed by atoms with van der Waals surface area (Å²) in [5, 5.41) is 12.3. The molecule has 9 heteroatoms. The van der Waals surface area contributed by atoms with Gasteiger partial charge in [0, 0.05) is 0 Å². The minimum atomic E-state index is -5.09. The third-order valence-corrected chi connectivity index (χ3v) is 5.35. The van der Waals surface area contributed by atoms with E-state index in [1.807, 2.05) is 0 Å². The van der Waals surface area contributed by atoms with E-state index in [0.717, 1.165) is 5.56 Å². The van der Waals surface area contributed by atoms with Crippen LogP contribution in [0, 0.1) is 6.92 Å². The summed E-state index contributed by atoms with van der Waals surface area (Å²) in [6, 6.07) is 11.3. The highest BCUT2D eigenvalue weighted by molar-refractivity contribution is 7.18. The van der Waals surface area contributed by atoms with Crippen molar-refractivity contribution in [3.8, 4) is 5.75 Å². The normalized spacial score (nSPS) is 13.9. The summed E-state index contributed by atoms with van der Waals surface area (Å²) in [7, 11) is 1.38. The van der Waals surface area contributed by atoms with Gasteiger partial charge >= 0.3 is 6.18 Å². The van der Waals surface area contributed by atoms with Gasteiger partial charge in [0.1, 0.15) is 10.8 Å². The maximum absolute atomic E-state index is 13.7. The van der Waals surface area contributed by atoms with Crippen LogP contribution in [0.1, 0.15) is 17.0 Å². The summed E-state index contributed by atoms with van der Waals surface area (Å²) in [4.78, 5) is 16.3. The zero-order chi connectivity index (χ0) is 20.5. The maximum Gasteiger partial charge on any atom is 0.424 e. The van der Waals surface area contributed by atoms with Gasteiger partial charge in [-0.3, -0.25) is 4.79 Å². The molecule has 0 aliphatic rings. The molecule has 5 nitrogen and oxygen atoms in total. The van der Waals surface area contributed by atoms with Crippen molar-refractivity contribution in [3.05, 3.63) is 53.0 Å². The molecule has 0 aliphatic carbocycles. The van der Waals surface area contributed by atoms with Gasteiger partial charge in [0.25, 0.3) is 0 Å². The number of halogens is 3. The highest BCUT2D eigenvalue weighted by atomic mass is 32.1. The molecule has 0 spiro atoms. The topological polar surface area (TPSA) is 71.5 Å². The molecule has 3 aromatic rings. The SMILES string of the molecule is COc1ccc(C)cc1NC(=O)CC(O)(c1nc2ccccc2s1)C(F)(F)F. The van der Waals surface area contributed by atoms with Gasteiger partial charge in [0.2, 0.25) is 11.5 Å². The molecule has 28 heavy (non-hydrogen) atoms. The second-order valence-electron chi connectivity index (χ2n) is 6.27. The average Bonchev–Trinajstić information content (AvgIpc) is 3.05. The highest BCUT2D eigenvalue weighted by Crippen LogP contribution is 2.44. The number of hydrogen-bond acceptors (Lipinski definition) is 5. The van der Waals surface area contributed by atoms with Gasteiger partial charge in [0.15, 0.2) is 0 Å². The lowest BCUT2D eigenvalue weighted by atomic mass is 9.99. The number of nitrogens with zero attached hydrogens (tertiary/aromatic N) is 1. The smallest absolute Gasteiger partial charge is 0.424 e. The van der Waals surface area contributed by atoms with E-state index in [-0.39, 0.29) is 5.69 Å². The molecule has 2 N–H and O–H groups in total. The molecule has 148 valence electrons. The number of carbonyl (C=O) groups is 1. The lowest BCUT2D eigenvalue weighted by Crippen LogP contribution is -2.45. The van der Waals surface area contributed by atoms with E-state index >= 15 is 0 Å². The summed E-state index contributed by atoms with van der Waals surface area (Å²) < 4.78 is 46.8. The Kier molecular flexibility index (Phi) is 5.31. The van der Waals surface area contributed by atoms with Gasteiger partial charge in [-0.05, 0) is 36.8 Å². The van der Waals surface area contributed by atoms with E-state index in [2.05, 4.69) is 10.3 Å². The molecule has 3 rings (SSSR count). The van der Waals surface area contributed by atoms with Crippen LogP contribution in [0.15, 0.2) is 42.5 Å². The van der Waals surface area contributed by atoms with Crippen LogP contribution < -0.4 is 10.1 Å². The van der Waals surface area contributed by atoms with Gasteiger partial charge in [-0.25, -0.2) is 4.98 Å². The number of nitrogens with one attached hydrogen (secondary N) is 1. The van der Waals surface area contributed by atoms with Gasteiger partial charge in [-0.2, -0.15) is 13.2 Å². The Morgan fingerprint density at radius 1 is 1.25 bits per heavy atom. The predicted octanol–water partition coefficient (Wildman–Crippen LogP) is 4.39. The zero-order valence-electron chi connectivity index (χ0n) is 15.0. The number of rotatable bonds is 5. The summed E-state index contributed by atoms with van der Waals surface area (Å²) in [6.07, 6.45) is -6.32. The first-order chi connectivity index (χ1) is 13.1. The number of methoxy groups -OCH3 is 1. The summed E-state index contributed by atoms with van der Waals surface area (Å²) in [6.45, 7) is 1.77. The van der Waals surface area contributed by atoms with Crippen molar-refractivity contribution < 1.29 is 27.8 Å². The van der Waals surface area contributed by atoms with Crippen molar-refractivity contribution in [2.45, 2.75) is 25.1 Å². The minimum Gasteiger partial charge on any atom is -0.495 e. The Balaban J connectivity index is 1.93. The van der Waals surface area contributed by atoms with Crippen molar-refractivity contribution in [1.29, 1.82) is 0 Å². The fraction of sp³-hybridized carbons (Fsp3) is 0.263. The number of fused-ring (bicyclic) bond motifs is 1. The number of carbonyl (C=O) groups excluding carboxylic acids is 1. The minimum absolute atomic E-state index is 0.223. The Labute approximate surface area is 162 Å². The first-order valence-electron chi connectivity index (χ1n) is 8.24. The van der Waals surface area contributed by atoms with E-state index in [1.165, 1.54) is 7.11 Å². The van der Waals surface area contributed by atoms with Crippen molar-refractivity contribution in [3.63, 3.8) is 0 Å². The first kappa shape index (κ1) is 20.1. The van der Waals surface area contributed by atoms with Gasteiger partial charge < -0.3 is 15.2 Å². The molecule has 1 atom stereocenters. The van der Waals surface area contributed by atoms with Crippen LogP contribution in [0.5, 0.6) is 5.75 Å². The summed E-state index contributed by atoms with van der Waals surface area (Å²) in [5.41, 5.74) is -2.07. The van der Waals surface area contributed by atoms with E-state index in [0.29, 0.717) is 27.3 Å². The predicted molar refractivity (Wildman–Crippen MR) is 101 cm³/mol. The Morgan fingerprint density at radius 2 is 1.96 bits per heavy atom. The molecule has 0 saturated carbocycles. The van der Waals surface area contributed by atoms with Gasteiger partial charge in [-0.1, -0.05) is 18.2 Å². The third kappa shape index (κ3) is 3.81. The largest absolute Gasteiger partial charge is 0.495 e. The van der Waals surface area contributed by atoms with E-state index in [1.54, 1.807) is 49.4 Å². The van der Waals surface area contributed by atoms with Gasteiger partial charge in [-0.15, -0.1) is 11.3 Å². The molecule has 1 amide bonds. The number of aryl methyl sites for hydroxylation is 1. The van der Waals surface area contributed by atoms with E-state index in [9.17, 15) is 23.1 Å². The van der Waals surface area contributed by atoms with Crippen LogP contribution in [-0.2, 0) is 10.4 Å². The molecule has 0 radical (unpaired) electrons. The molecule has 0 bridgehead atoms. The van der Waals surface area contributed by atoms with Crippen LogP contribution in [0.4, 0.5) is 18.9 Å². The first-order valence-corrected chi connectivity index (χ1v) is 9.05. The Morgan fingerprint density at radius 3 is 2.61 bits per heavy atom. The standard InChI is InChI=1S/C19H17F3N2O3S/c1-11-7-8-14(27-2)13(9-11)23-16(25)10-18(26,19(20,21)22)17-24-12-5-3-4-6-15(12)28-17/h3-9,26H,10H2,1-2H3,(H,23,25). The summed E-state index contributed by atoms with van der Waals surface area (Å²) in [5.74, 6) is -0.711. The molecule has 1 unspecified atom stereocenters. The number of aliphatic hydroxyl groups is 1. The zero-order valence-corrected chi connectivity index (χ0v) is 15.8. The number of alkyl halides is 3. The lowest BCUT2D eigenvalue weighted by Gasteiger charge is -2.28. The molecule has 2 aromatic carbocycles. The molecule has 0 aliphatic heterocycles. The van der Waals surface area contributed by atoms with Crippen molar-refractivity contribution in [2.75, 3.05) is 12.4 Å². The number of ether oxygens (including phenoxy) is 1. The fourth-order valence-electron chi connectivity index (χ4n) is 2.69. The van der Waals surface area contributed by atoms with Gasteiger partial charge in [0.05, 0.1) is 29.4 Å². The average molecular weight is 410 g/mol. The van der Waals surface area contributed by atoms with Crippen LogP contribution in [0.25, 0.3) is 10.2 Å². The number of benzene rings is 2. The second-order valence-corrected chi connectivity index (χ2v) is 7.30. The Bertz CT molecular complexity index is 986. The van der Waals surface area contributed by atoms with Crippen molar-refractivity contribution in [1.82, 2.24) is 4.98 Å². The molecule has 0 fully saturated rings. The molecular weight excluding hydrogens is 393 g/mol. The maximum atomic E-state index is 13.7. The molecular formula is C19H17F3N2O3S. The van der Waals surface area contributed by atoms with Crippen LogP contribution in [0.2, 0.25) is 0 Å². The number of anilines is 1. The number of aromatic nitrogens is 1. The number of para-hydroxylation sites is 1. The fourth-order valence-corrected chi connectivity index (χ4v) is 3.77. The van der Waals surface area contributed by atoms with Crippen LogP contribution in [0.3, 0.4) is 0 Å². The quantitative estimate of drug-likeness (QED) is 0.654.